The summed E-state index contributed by atoms with van der Waals surface area (Å²) < 4.78 is 5.76. The zero-order valence-electron chi connectivity index (χ0n) is 12.9. The van der Waals surface area contributed by atoms with Crippen LogP contribution < -0.4 is 10.6 Å². The molecule has 2 unspecified atom stereocenters. The number of carbonyl (C=O) groups excluding carboxylic acids is 2. The molecule has 0 aromatic rings. The van der Waals surface area contributed by atoms with Crippen LogP contribution in [0.4, 0.5) is 0 Å². The number of amides is 2. The summed E-state index contributed by atoms with van der Waals surface area (Å²) in [5.74, 6) is 0.321. The fourth-order valence-electron chi connectivity index (χ4n) is 2.76. The highest BCUT2D eigenvalue weighted by molar-refractivity contribution is 5.87. The van der Waals surface area contributed by atoms with Crippen molar-refractivity contribution >= 4 is 11.8 Å². The summed E-state index contributed by atoms with van der Waals surface area (Å²) in [6.45, 7) is 3.89. The maximum atomic E-state index is 11.7. The van der Waals surface area contributed by atoms with Gasteiger partial charge in [0.15, 0.2) is 0 Å². The van der Waals surface area contributed by atoms with Crippen LogP contribution in [0.15, 0.2) is 0 Å². The Bertz CT molecular complexity index is 314. The summed E-state index contributed by atoms with van der Waals surface area (Å²) in [4.78, 5) is 22.9. The Hall–Kier alpha value is -1.10. The van der Waals surface area contributed by atoms with Crippen LogP contribution in [0.5, 0.6) is 0 Å². The minimum Gasteiger partial charge on any atom is -0.376 e. The molecule has 1 aliphatic carbocycles. The average Bonchev–Trinajstić information content (AvgIpc) is 2.44. The van der Waals surface area contributed by atoms with Gasteiger partial charge in [0.2, 0.25) is 11.8 Å². The van der Waals surface area contributed by atoms with E-state index in [4.69, 9.17) is 4.74 Å². The first kappa shape index (κ1) is 17.0. The first-order chi connectivity index (χ1) is 9.54. The highest BCUT2D eigenvalue weighted by Crippen LogP contribution is 2.26. The van der Waals surface area contributed by atoms with Crippen molar-refractivity contribution in [2.24, 2.45) is 5.92 Å². The molecule has 2 atom stereocenters. The van der Waals surface area contributed by atoms with Gasteiger partial charge in [-0.3, -0.25) is 9.59 Å². The van der Waals surface area contributed by atoms with Crippen LogP contribution in [0, 0.1) is 5.92 Å². The third-order valence-electron chi connectivity index (χ3n) is 3.99. The zero-order chi connectivity index (χ0) is 15.0. The lowest BCUT2D eigenvalue weighted by molar-refractivity contribution is -0.131. The summed E-state index contributed by atoms with van der Waals surface area (Å²) in [5, 5.41) is 5.20. The van der Waals surface area contributed by atoms with Crippen LogP contribution >= 0.6 is 0 Å². The molecule has 2 amide bonds. The van der Waals surface area contributed by atoms with E-state index in [1.165, 1.54) is 39.0 Å². The Kier molecular flexibility index (Phi) is 7.59. The standard InChI is InChI=1S/C15H28N2O3/c1-11(14(15(19)16-3)17-12(2)18)20-10-9-13-7-5-4-6-8-13/h11,13-14H,4-10H2,1-3H3,(H,16,19)(H,17,18). The normalized spacial score (nSPS) is 19.1. The summed E-state index contributed by atoms with van der Waals surface area (Å²) in [6, 6.07) is -0.621. The summed E-state index contributed by atoms with van der Waals surface area (Å²) >= 11 is 0. The molecule has 20 heavy (non-hydrogen) atoms. The molecular formula is C15H28N2O3. The van der Waals surface area contributed by atoms with Crippen LogP contribution in [0.25, 0.3) is 0 Å². The molecule has 0 aromatic heterocycles. The Morgan fingerprint density at radius 2 is 1.90 bits per heavy atom. The van der Waals surface area contributed by atoms with Crippen molar-refractivity contribution < 1.29 is 14.3 Å². The molecule has 1 saturated carbocycles. The summed E-state index contributed by atoms with van der Waals surface area (Å²) in [5.41, 5.74) is 0. The monoisotopic (exact) mass is 284 g/mol. The number of hydrogen-bond acceptors (Lipinski definition) is 3. The highest BCUT2D eigenvalue weighted by atomic mass is 16.5. The molecule has 5 nitrogen and oxygen atoms in total. The molecule has 2 N–H and O–H groups in total. The zero-order valence-corrected chi connectivity index (χ0v) is 12.9. The van der Waals surface area contributed by atoms with Crippen molar-refractivity contribution in [2.45, 2.75) is 64.5 Å². The van der Waals surface area contributed by atoms with Crippen molar-refractivity contribution in [2.75, 3.05) is 13.7 Å². The lowest BCUT2D eigenvalue weighted by Crippen LogP contribution is -2.52. The van der Waals surface area contributed by atoms with Gasteiger partial charge in [0.05, 0.1) is 6.10 Å². The maximum Gasteiger partial charge on any atom is 0.245 e. The lowest BCUT2D eigenvalue weighted by atomic mass is 9.87. The molecule has 0 spiro atoms. The van der Waals surface area contributed by atoms with E-state index in [1.807, 2.05) is 6.92 Å². The molecule has 116 valence electrons. The van der Waals surface area contributed by atoms with Crippen LogP contribution in [0.1, 0.15) is 52.4 Å². The van der Waals surface area contributed by atoms with E-state index in [0.717, 1.165) is 12.3 Å². The van der Waals surface area contributed by atoms with Crippen LogP contribution in [0.3, 0.4) is 0 Å². The summed E-state index contributed by atoms with van der Waals surface area (Å²) in [7, 11) is 1.56. The fraction of sp³-hybridized carbons (Fsp3) is 0.867. The lowest BCUT2D eigenvalue weighted by Gasteiger charge is -2.25. The predicted octanol–water partition coefficient (Wildman–Crippen LogP) is 1.61. The third kappa shape index (κ3) is 5.90. The predicted molar refractivity (Wildman–Crippen MR) is 78.3 cm³/mol. The van der Waals surface area contributed by atoms with Crippen molar-refractivity contribution in [3.63, 3.8) is 0 Å². The summed E-state index contributed by atoms with van der Waals surface area (Å²) in [6.07, 6.45) is 7.33. The van der Waals surface area contributed by atoms with Crippen molar-refractivity contribution in [1.29, 1.82) is 0 Å². The van der Waals surface area contributed by atoms with E-state index in [1.54, 1.807) is 7.05 Å². The maximum absolute atomic E-state index is 11.7. The average molecular weight is 284 g/mol. The quantitative estimate of drug-likeness (QED) is 0.746. The number of nitrogens with one attached hydrogen (secondary N) is 2. The molecule has 0 radical (unpaired) electrons. The topological polar surface area (TPSA) is 67.4 Å². The van der Waals surface area contributed by atoms with E-state index in [9.17, 15) is 9.59 Å². The molecular weight excluding hydrogens is 256 g/mol. The number of hydrogen-bond donors (Lipinski definition) is 2. The SMILES string of the molecule is CNC(=O)C(NC(C)=O)C(C)OCCC1CCCCC1. The second-order valence-electron chi connectivity index (χ2n) is 5.66. The first-order valence-corrected chi connectivity index (χ1v) is 7.65. The van der Waals surface area contributed by atoms with Gasteiger partial charge in [0.25, 0.3) is 0 Å². The van der Waals surface area contributed by atoms with Gasteiger partial charge in [0.1, 0.15) is 6.04 Å². The molecule has 0 saturated heterocycles. The van der Waals surface area contributed by atoms with E-state index in [2.05, 4.69) is 10.6 Å². The largest absolute Gasteiger partial charge is 0.376 e. The Morgan fingerprint density at radius 1 is 1.25 bits per heavy atom. The van der Waals surface area contributed by atoms with Crippen LogP contribution in [0.2, 0.25) is 0 Å². The molecule has 0 bridgehead atoms. The number of likely N-dealkylation sites (N-methyl/N-ethyl adjacent to an activating group) is 1. The number of carbonyl (C=O) groups is 2. The van der Waals surface area contributed by atoms with Gasteiger partial charge in [-0.1, -0.05) is 32.1 Å². The molecule has 1 fully saturated rings. The van der Waals surface area contributed by atoms with Crippen LogP contribution in [-0.4, -0.2) is 37.6 Å². The number of rotatable bonds is 7. The van der Waals surface area contributed by atoms with Gasteiger partial charge >= 0.3 is 0 Å². The Labute approximate surface area is 121 Å². The van der Waals surface area contributed by atoms with Crippen molar-refractivity contribution in [3.8, 4) is 0 Å². The first-order valence-electron chi connectivity index (χ1n) is 7.65. The minimum absolute atomic E-state index is 0.217. The third-order valence-corrected chi connectivity index (χ3v) is 3.99. The molecule has 5 heteroatoms. The molecule has 1 aliphatic rings. The van der Waals surface area contributed by atoms with Gasteiger partial charge < -0.3 is 15.4 Å². The molecule has 0 aromatic carbocycles. The molecule has 0 aliphatic heterocycles. The van der Waals surface area contributed by atoms with Crippen molar-refractivity contribution in [1.82, 2.24) is 10.6 Å². The van der Waals surface area contributed by atoms with Gasteiger partial charge in [0, 0.05) is 20.6 Å². The second-order valence-corrected chi connectivity index (χ2v) is 5.66. The fourth-order valence-corrected chi connectivity index (χ4v) is 2.76. The Morgan fingerprint density at radius 3 is 2.45 bits per heavy atom. The van der Waals surface area contributed by atoms with Crippen LogP contribution in [-0.2, 0) is 14.3 Å². The van der Waals surface area contributed by atoms with E-state index in [-0.39, 0.29) is 17.9 Å². The minimum atomic E-state index is -0.621. The van der Waals surface area contributed by atoms with Gasteiger partial charge in [-0.25, -0.2) is 0 Å². The number of ether oxygens (including phenoxy) is 1. The molecule has 0 heterocycles. The smallest absolute Gasteiger partial charge is 0.245 e. The van der Waals surface area contributed by atoms with Gasteiger partial charge in [-0.05, 0) is 19.3 Å². The Balaban J connectivity index is 2.34. The van der Waals surface area contributed by atoms with E-state index < -0.39 is 6.04 Å². The van der Waals surface area contributed by atoms with E-state index in [0.29, 0.717) is 6.61 Å². The van der Waals surface area contributed by atoms with Gasteiger partial charge in [-0.2, -0.15) is 0 Å². The van der Waals surface area contributed by atoms with Crippen molar-refractivity contribution in [3.05, 3.63) is 0 Å². The van der Waals surface area contributed by atoms with Gasteiger partial charge in [-0.15, -0.1) is 0 Å². The second kappa shape index (κ2) is 8.95. The highest BCUT2D eigenvalue weighted by Gasteiger charge is 2.26. The molecule has 1 rings (SSSR count). The van der Waals surface area contributed by atoms with E-state index >= 15 is 0 Å².